The first-order chi connectivity index (χ1) is 8.47. The number of benzene rings is 1. The van der Waals surface area contributed by atoms with E-state index in [0.29, 0.717) is 5.69 Å². The molecule has 0 unspecified atom stereocenters. The molecule has 94 valence electrons. The molecule has 0 amide bonds. The predicted octanol–water partition coefficient (Wildman–Crippen LogP) is 3.55. The largest absolute Gasteiger partial charge is 0.506 e. The van der Waals surface area contributed by atoms with E-state index in [0.717, 1.165) is 12.3 Å². The third-order valence-corrected chi connectivity index (χ3v) is 2.23. The Morgan fingerprint density at radius 1 is 1.11 bits per heavy atom. The number of aromatic hydroxyl groups is 1. The molecule has 0 aliphatic carbocycles. The van der Waals surface area contributed by atoms with Crippen LogP contribution in [-0.2, 0) is 6.18 Å². The van der Waals surface area contributed by atoms with E-state index in [1.165, 1.54) is 12.1 Å². The van der Waals surface area contributed by atoms with Gasteiger partial charge in [0.2, 0.25) is 0 Å². The molecular weight excluding hydrogens is 245 g/mol. The predicted molar refractivity (Wildman–Crippen MR) is 60.6 cm³/mol. The summed E-state index contributed by atoms with van der Waals surface area (Å²) in [5, 5.41) is 12.2. The summed E-state index contributed by atoms with van der Waals surface area (Å²) in [4.78, 5) is 3.25. The van der Waals surface area contributed by atoms with Gasteiger partial charge in [0, 0.05) is 11.9 Å². The molecule has 0 saturated carbocycles. The first kappa shape index (κ1) is 12.2. The smallest absolute Gasteiger partial charge is 0.433 e. The van der Waals surface area contributed by atoms with Crippen molar-refractivity contribution in [2.75, 3.05) is 5.32 Å². The Bertz CT molecular complexity index is 555. The maximum absolute atomic E-state index is 12.4. The number of phenolic OH excluding ortho intramolecular Hbond substituents is 1. The lowest BCUT2D eigenvalue weighted by Crippen LogP contribution is -2.08. The van der Waals surface area contributed by atoms with Gasteiger partial charge in [-0.25, -0.2) is 0 Å². The van der Waals surface area contributed by atoms with Gasteiger partial charge in [-0.2, -0.15) is 13.2 Å². The van der Waals surface area contributed by atoms with E-state index in [4.69, 9.17) is 0 Å². The Morgan fingerprint density at radius 2 is 1.83 bits per heavy atom. The van der Waals surface area contributed by atoms with Gasteiger partial charge in [-0.3, -0.25) is 4.98 Å². The molecule has 0 aliphatic heterocycles. The van der Waals surface area contributed by atoms with Crippen molar-refractivity contribution in [2.45, 2.75) is 6.18 Å². The second kappa shape index (κ2) is 4.56. The second-order valence-corrected chi connectivity index (χ2v) is 3.57. The summed E-state index contributed by atoms with van der Waals surface area (Å²) in [7, 11) is 0. The summed E-state index contributed by atoms with van der Waals surface area (Å²) < 4.78 is 37.3. The lowest BCUT2D eigenvalue weighted by Gasteiger charge is -2.10. The van der Waals surface area contributed by atoms with Crippen molar-refractivity contribution in [2.24, 2.45) is 0 Å². The van der Waals surface area contributed by atoms with E-state index in [9.17, 15) is 18.3 Å². The minimum Gasteiger partial charge on any atom is -0.506 e. The Balaban J connectivity index is 2.28. The quantitative estimate of drug-likeness (QED) is 0.805. The van der Waals surface area contributed by atoms with Gasteiger partial charge in [-0.05, 0) is 24.3 Å². The van der Waals surface area contributed by atoms with E-state index in [1.54, 1.807) is 18.2 Å². The van der Waals surface area contributed by atoms with E-state index in [1.807, 2.05) is 0 Å². The number of halogens is 3. The monoisotopic (exact) mass is 254 g/mol. The fraction of sp³-hybridized carbons (Fsp3) is 0.0833. The van der Waals surface area contributed by atoms with E-state index < -0.39 is 11.9 Å². The highest BCUT2D eigenvalue weighted by Gasteiger charge is 2.32. The molecule has 1 heterocycles. The van der Waals surface area contributed by atoms with Crippen molar-refractivity contribution in [3.8, 4) is 5.75 Å². The average molecular weight is 254 g/mol. The Morgan fingerprint density at radius 3 is 2.50 bits per heavy atom. The second-order valence-electron chi connectivity index (χ2n) is 3.57. The molecule has 2 rings (SSSR count). The van der Waals surface area contributed by atoms with Crippen molar-refractivity contribution in [1.29, 1.82) is 0 Å². The van der Waals surface area contributed by atoms with Gasteiger partial charge in [0.15, 0.2) is 0 Å². The first-order valence-electron chi connectivity index (χ1n) is 5.05. The average Bonchev–Trinajstić information content (AvgIpc) is 2.31. The fourth-order valence-corrected chi connectivity index (χ4v) is 1.40. The molecule has 0 fully saturated rings. The van der Waals surface area contributed by atoms with Gasteiger partial charge in [0.1, 0.15) is 11.4 Å². The number of para-hydroxylation sites is 2. The van der Waals surface area contributed by atoms with Crippen LogP contribution in [-0.4, -0.2) is 10.1 Å². The zero-order chi connectivity index (χ0) is 13.2. The van der Waals surface area contributed by atoms with Crippen LogP contribution in [0.15, 0.2) is 42.6 Å². The van der Waals surface area contributed by atoms with Gasteiger partial charge in [0.05, 0.1) is 5.69 Å². The molecule has 2 aromatic rings. The lowest BCUT2D eigenvalue weighted by molar-refractivity contribution is -0.141. The number of rotatable bonds is 2. The minimum absolute atomic E-state index is 0.0390. The number of nitrogens with zero attached hydrogens (tertiary/aromatic N) is 1. The highest BCUT2D eigenvalue weighted by Crippen LogP contribution is 2.31. The molecule has 0 aliphatic rings. The molecule has 18 heavy (non-hydrogen) atoms. The van der Waals surface area contributed by atoms with Crippen molar-refractivity contribution in [1.82, 2.24) is 4.98 Å². The van der Waals surface area contributed by atoms with Crippen LogP contribution in [0.25, 0.3) is 0 Å². The molecule has 1 aromatic carbocycles. The van der Waals surface area contributed by atoms with E-state index >= 15 is 0 Å². The number of aromatic nitrogens is 1. The van der Waals surface area contributed by atoms with Gasteiger partial charge in [-0.1, -0.05) is 12.1 Å². The van der Waals surface area contributed by atoms with Crippen molar-refractivity contribution in [3.63, 3.8) is 0 Å². The fourth-order valence-electron chi connectivity index (χ4n) is 1.40. The highest BCUT2D eigenvalue weighted by molar-refractivity contribution is 5.65. The summed E-state index contributed by atoms with van der Waals surface area (Å²) in [6.07, 6.45) is -3.43. The molecule has 2 N–H and O–H groups in total. The Labute approximate surface area is 101 Å². The number of anilines is 2. The number of pyridine rings is 1. The molecule has 0 spiro atoms. The topological polar surface area (TPSA) is 45.1 Å². The molecule has 0 saturated heterocycles. The minimum atomic E-state index is -4.49. The van der Waals surface area contributed by atoms with Gasteiger partial charge in [-0.15, -0.1) is 0 Å². The molecular formula is C12H9F3N2O. The van der Waals surface area contributed by atoms with Crippen molar-refractivity contribution >= 4 is 11.4 Å². The number of hydrogen-bond acceptors (Lipinski definition) is 3. The van der Waals surface area contributed by atoms with Crippen LogP contribution >= 0.6 is 0 Å². The van der Waals surface area contributed by atoms with Gasteiger partial charge < -0.3 is 10.4 Å². The highest BCUT2D eigenvalue weighted by atomic mass is 19.4. The summed E-state index contributed by atoms with van der Waals surface area (Å²) in [6.45, 7) is 0. The standard InChI is InChI=1S/C12H9F3N2O/c13-12(14,15)11-7-8(5-6-16-11)17-9-3-1-2-4-10(9)18/h1-7,18H,(H,16,17). The zero-order valence-corrected chi connectivity index (χ0v) is 9.07. The molecule has 3 nitrogen and oxygen atoms in total. The first-order valence-corrected chi connectivity index (χ1v) is 5.05. The number of nitrogens with one attached hydrogen (secondary N) is 1. The van der Waals surface area contributed by atoms with E-state index in [-0.39, 0.29) is 11.4 Å². The summed E-state index contributed by atoms with van der Waals surface area (Å²) >= 11 is 0. The third-order valence-electron chi connectivity index (χ3n) is 2.23. The van der Waals surface area contributed by atoms with Crippen LogP contribution in [0.4, 0.5) is 24.5 Å². The van der Waals surface area contributed by atoms with Crippen LogP contribution in [0.1, 0.15) is 5.69 Å². The number of alkyl halides is 3. The van der Waals surface area contributed by atoms with E-state index in [2.05, 4.69) is 10.3 Å². The van der Waals surface area contributed by atoms with Crippen LogP contribution in [0.2, 0.25) is 0 Å². The van der Waals surface area contributed by atoms with Crippen LogP contribution < -0.4 is 5.32 Å². The number of hydrogen-bond donors (Lipinski definition) is 2. The SMILES string of the molecule is Oc1ccccc1Nc1ccnc(C(F)(F)F)c1. The molecule has 0 radical (unpaired) electrons. The maximum Gasteiger partial charge on any atom is 0.433 e. The summed E-state index contributed by atoms with van der Waals surface area (Å²) in [5.74, 6) is -0.0390. The van der Waals surface area contributed by atoms with Gasteiger partial charge >= 0.3 is 6.18 Å². The summed E-state index contributed by atoms with van der Waals surface area (Å²) in [5.41, 5.74) is -0.446. The lowest BCUT2D eigenvalue weighted by atomic mass is 10.2. The summed E-state index contributed by atoms with van der Waals surface area (Å²) in [6, 6.07) is 8.55. The van der Waals surface area contributed by atoms with Crippen molar-refractivity contribution < 1.29 is 18.3 Å². The normalized spacial score (nSPS) is 11.3. The van der Waals surface area contributed by atoms with Crippen LogP contribution in [0.5, 0.6) is 5.75 Å². The van der Waals surface area contributed by atoms with Crippen molar-refractivity contribution in [3.05, 3.63) is 48.3 Å². The number of phenols is 1. The molecule has 6 heteroatoms. The van der Waals surface area contributed by atoms with Crippen LogP contribution in [0.3, 0.4) is 0 Å². The third kappa shape index (κ3) is 2.71. The molecule has 1 aromatic heterocycles. The Kier molecular flexibility index (Phi) is 3.10. The maximum atomic E-state index is 12.4. The zero-order valence-electron chi connectivity index (χ0n) is 9.07. The van der Waals surface area contributed by atoms with Gasteiger partial charge in [0.25, 0.3) is 0 Å². The molecule has 0 atom stereocenters. The molecule has 0 bridgehead atoms. The Hall–Kier alpha value is -2.24. The van der Waals surface area contributed by atoms with Crippen LogP contribution in [0, 0.1) is 0 Å².